The molecule has 2 heteroatoms. The van der Waals surface area contributed by atoms with E-state index in [2.05, 4.69) is 91.3 Å². The second-order valence-corrected chi connectivity index (χ2v) is 6.87. The third-order valence-electron chi connectivity index (χ3n) is 3.88. The Morgan fingerprint density at radius 3 is 2.32 bits per heavy atom. The molecule has 3 aromatic rings. The molecule has 0 saturated carbocycles. The molecule has 0 radical (unpaired) electrons. The summed E-state index contributed by atoms with van der Waals surface area (Å²) >= 11 is 0. The van der Waals surface area contributed by atoms with Crippen LogP contribution in [0.3, 0.4) is 0 Å². The van der Waals surface area contributed by atoms with Gasteiger partial charge in [0.25, 0.3) is 0 Å². The topological polar surface area (TPSA) is 17.0 Å². The minimum Gasteiger partial charge on any atom is -0.339 e. The lowest BCUT2D eigenvalue weighted by Crippen LogP contribution is -2.35. The van der Waals surface area contributed by atoms with Gasteiger partial charge in [-0.2, -0.15) is 0 Å². The molecule has 0 saturated heterocycles. The Kier molecular flexibility index (Phi) is 4.04. The van der Waals surface area contributed by atoms with Crippen molar-refractivity contribution < 1.29 is 0 Å². The van der Waals surface area contributed by atoms with Crippen molar-refractivity contribution in [2.45, 2.75) is 39.4 Å². The highest BCUT2D eigenvalue weighted by Gasteiger charge is 2.13. The largest absolute Gasteiger partial charge is 0.339 e. The highest BCUT2D eigenvalue weighted by molar-refractivity contribution is 5.81. The molecule has 2 aromatic carbocycles. The molecule has 0 amide bonds. The van der Waals surface area contributed by atoms with Crippen molar-refractivity contribution in [3.63, 3.8) is 0 Å². The van der Waals surface area contributed by atoms with Crippen LogP contribution >= 0.6 is 0 Å². The van der Waals surface area contributed by atoms with Gasteiger partial charge in [-0.15, -0.1) is 0 Å². The van der Waals surface area contributed by atoms with Gasteiger partial charge in [0.05, 0.1) is 0 Å². The first-order valence-corrected chi connectivity index (χ1v) is 7.89. The molecule has 22 heavy (non-hydrogen) atoms. The molecule has 0 spiro atoms. The van der Waals surface area contributed by atoms with Gasteiger partial charge in [-0.05, 0) is 43.9 Å². The lowest BCUT2D eigenvalue weighted by molar-refractivity contribution is 0.417. The molecule has 0 atom stereocenters. The number of nitrogens with one attached hydrogen (secondary N) is 1. The van der Waals surface area contributed by atoms with Crippen LogP contribution in [0.2, 0.25) is 0 Å². The molecule has 1 N–H and O–H groups in total. The van der Waals surface area contributed by atoms with Crippen molar-refractivity contribution in [2.24, 2.45) is 0 Å². The fourth-order valence-electron chi connectivity index (χ4n) is 2.72. The van der Waals surface area contributed by atoms with E-state index in [9.17, 15) is 0 Å². The molecule has 0 unspecified atom stereocenters. The Balaban J connectivity index is 1.97. The van der Waals surface area contributed by atoms with E-state index in [0.29, 0.717) is 0 Å². The van der Waals surface area contributed by atoms with Gasteiger partial charge in [0.1, 0.15) is 0 Å². The summed E-state index contributed by atoms with van der Waals surface area (Å²) in [5.41, 5.74) is 4.09. The highest BCUT2D eigenvalue weighted by Crippen LogP contribution is 2.22. The number of rotatable bonds is 4. The van der Waals surface area contributed by atoms with Crippen LogP contribution < -0.4 is 5.32 Å². The normalized spacial score (nSPS) is 12.0. The standard InChI is InChI=1S/C20H24N2/c1-20(2,3)21-14-18-13-17-11-7-8-12-19(17)22(18)15-16-9-5-4-6-10-16/h4-13,21H,14-15H2,1-3H3. The van der Waals surface area contributed by atoms with Gasteiger partial charge >= 0.3 is 0 Å². The monoisotopic (exact) mass is 292 g/mol. The number of para-hydroxylation sites is 1. The van der Waals surface area contributed by atoms with E-state index in [1.807, 2.05) is 0 Å². The molecule has 0 bridgehead atoms. The van der Waals surface area contributed by atoms with Gasteiger partial charge < -0.3 is 9.88 Å². The maximum absolute atomic E-state index is 3.60. The predicted octanol–water partition coefficient (Wildman–Crippen LogP) is 4.58. The molecule has 3 rings (SSSR count). The van der Waals surface area contributed by atoms with Crippen molar-refractivity contribution in [1.82, 2.24) is 9.88 Å². The third kappa shape index (κ3) is 3.40. The lowest BCUT2D eigenvalue weighted by Gasteiger charge is -2.21. The molecule has 0 aliphatic heterocycles. The van der Waals surface area contributed by atoms with Crippen LogP contribution in [-0.2, 0) is 13.1 Å². The van der Waals surface area contributed by atoms with Gasteiger partial charge in [0, 0.05) is 29.8 Å². The van der Waals surface area contributed by atoms with Gasteiger partial charge in [0.2, 0.25) is 0 Å². The summed E-state index contributed by atoms with van der Waals surface area (Å²) in [4.78, 5) is 0. The molecule has 0 fully saturated rings. The third-order valence-corrected chi connectivity index (χ3v) is 3.88. The SMILES string of the molecule is CC(C)(C)NCc1cc2ccccc2n1Cc1ccccc1. The minimum absolute atomic E-state index is 0.119. The Bertz CT molecular complexity index is 748. The average molecular weight is 292 g/mol. The predicted molar refractivity (Wildman–Crippen MR) is 94.1 cm³/mol. The first-order valence-electron chi connectivity index (χ1n) is 7.89. The molecule has 114 valence electrons. The Labute approximate surface area is 132 Å². The van der Waals surface area contributed by atoms with Gasteiger partial charge in [-0.1, -0.05) is 48.5 Å². The number of hydrogen-bond donors (Lipinski definition) is 1. The summed E-state index contributed by atoms with van der Waals surface area (Å²) in [6.07, 6.45) is 0. The van der Waals surface area contributed by atoms with Crippen molar-refractivity contribution in [1.29, 1.82) is 0 Å². The van der Waals surface area contributed by atoms with Crippen LogP contribution in [0.4, 0.5) is 0 Å². The summed E-state index contributed by atoms with van der Waals surface area (Å²) in [5, 5.41) is 4.91. The molecule has 2 nitrogen and oxygen atoms in total. The van der Waals surface area contributed by atoms with E-state index in [1.54, 1.807) is 0 Å². The van der Waals surface area contributed by atoms with E-state index in [1.165, 1.54) is 22.2 Å². The van der Waals surface area contributed by atoms with Gasteiger partial charge in [0.15, 0.2) is 0 Å². The minimum atomic E-state index is 0.119. The van der Waals surface area contributed by atoms with E-state index in [-0.39, 0.29) is 5.54 Å². The zero-order chi connectivity index (χ0) is 15.6. The molecular weight excluding hydrogens is 268 g/mol. The maximum atomic E-state index is 3.60. The van der Waals surface area contributed by atoms with Gasteiger partial charge in [-0.25, -0.2) is 0 Å². The number of nitrogens with zero attached hydrogens (tertiary/aromatic N) is 1. The van der Waals surface area contributed by atoms with Crippen LogP contribution in [0.25, 0.3) is 10.9 Å². The van der Waals surface area contributed by atoms with Crippen molar-refractivity contribution in [2.75, 3.05) is 0 Å². The number of aromatic nitrogens is 1. The fourth-order valence-corrected chi connectivity index (χ4v) is 2.72. The van der Waals surface area contributed by atoms with Crippen LogP contribution in [0, 0.1) is 0 Å². The molecule has 0 aliphatic carbocycles. The van der Waals surface area contributed by atoms with Crippen LogP contribution in [0.1, 0.15) is 32.0 Å². The summed E-state index contributed by atoms with van der Waals surface area (Å²) in [5.74, 6) is 0. The lowest BCUT2D eigenvalue weighted by atomic mass is 10.1. The second kappa shape index (κ2) is 5.98. The average Bonchev–Trinajstić information content (AvgIpc) is 2.84. The van der Waals surface area contributed by atoms with E-state index in [0.717, 1.165) is 13.1 Å². The molecule has 0 aliphatic rings. The Morgan fingerprint density at radius 2 is 1.59 bits per heavy atom. The number of hydrogen-bond acceptors (Lipinski definition) is 1. The number of fused-ring (bicyclic) bond motifs is 1. The van der Waals surface area contributed by atoms with Gasteiger partial charge in [-0.3, -0.25) is 0 Å². The van der Waals surface area contributed by atoms with Crippen molar-refractivity contribution >= 4 is 10.9 Å². The summed E-state index contributed by atoms with van der Waals surface area (Å²) in [7, 11) is 0. The van der Waals surface area contributed by atoms with Crippen molar-refractivity contribution in [3.05, 3.63) is 71.9 Å². The van der Waals surface area contributed by atoms with E-state index in [4.69, 9.17) is 0 Å². The zero-order valence-electron chi connectivity index (χ0n) is 13.6. The zero-order valence-corrected chi connectivity index (χ0v) is 13.6. The molecule has 1 heterocycles. The second-order valence-electron chi connectivity index (χ2n) is 6.87. The molecule has 1 aromatic heterocycles. The van der Waals surface area contributed by atoms with Crippen LogP contribution in [0.15, 0.2) is 60.7 Å². The maximum Gasteiger partial charge on any atom is 0.0486 e. The summed E-state index contributed by atoms with van der Waals surface area (Å²) < 4.78 is 2.42. The van der Waals surface area contributed by atoms with Crippen molar-refractivity contribution in [3.8, 4) is 0 Å². The molecular formula is C20H24N2. The highest BCUT2D eigenvalue weighted by atomic mass is 15.0. The van der Waals surface area contributed by atoms with Crippen LogP contribution in [0.5, 0.6) is 0 Å². The number of benzene rings is 2. The smallest absolute Gasteiger partial charge is 0.0486 e. The first-order chi connectivity index (χ1) is 10.5. The fraction of sp³-hybridized carbons (Fsp3) is 0.300. The quantitative estimate of drug-likeness (QED) is 0.745. The Hall–Kier alpha value is -2.06. The Morgan fingerprint density at radius 1 is 0.909 bits per heavy atom. The summed E-state index contributed by atoms with van der Waals surface area (Å²) in [6, 6.07) is 21.6. The van der Waals surface area contributed by atoms with E-state index < -0.39 is 0 Å². The summed E-state index contributed by atoms with van der Waals surface area (Å²) in [6.45, 7) is 8.41. The first kappa shape index (κ1) is 14.9. The van der Waals surface area contributed by atoms with Crippen LogP contribution in [-0.4, -0.2) is 10.1 Å². The van der Waals surface area contributed by atoms with E-state index >= 15 is 0 Å².